The van der Waals surface area contributed by atoms with E-state index in [2.05, 4.69) is 0 Å². The fourth-order valence-electron chi connectivity index (χ4n) is 3.70. The molecule has 6 nitrogen and oxygen atoms in total. The Labute approximate surface area is 170 Å². The molecule has 1 aliphatic rings. The Morgan fingerprint density at radius 3 is 1.97 bits per heavy atom. The maximum absolute atomic E-state index is 13.0. The molecule has 152 valence electrons. The minimum atomic E-state index is -1.01. The van der Waals surface area contributed by atoms with Crippen molar-refractivity contribution in [3.63, 3.8) is 0 Å². The van der Waals surface area contributed by atoms with Gasteiger partial charge in [0.2, 0.25) is 0 Å². The number of amides is 3. The molecule has 0 saturated carbocycles. The molecule has 0 saturated heterocycles. The molecule has 1 aliphatic heterocycles. The van der Waals surface area contributed by atoms with Crippen molar-refractivity contribution >= 4 is 17.9 Å². The molecule has 0 bridgehead atoms. The summed E-state index contributed by atoms with van der Waals surface area (Å²) in [5, 5.41) is 9.61. The Morgan fingerprint density at radius 1 is 0.966 bits per heavy atom. The summed E-state index contributed by atoms with van der Waals surface area (Å²) < 4.78 is 0. The number of benzene rings is 2. The van der Waals surface area contributed by atoms with E-state index in [0.29, 0.717) is 24.1 Å². The van der Waals surface area contributed by atoms with Crippen molar-refractivity contribution in [2.45, 2.75) is 33.2 Å². The van der Waals surface area contributed by atoms with E-state index in [1.165, 1.54) is 9.80 Å². The fraction of sp³-hybridized carbons (Fsp3) is 0.348. The van der Waals surface area contributed by atoms with Crippen molar-refractivity contribution in [1.82, 2.24) is 9.80 Å². The van der Waals surface area contributed by atoms with Crippen LogP contribution in [0.4, 0.5) is 4.79 Å². The molecule has 29 heavy (non-hydrogen) atoms. The molecule has 0 aromatic heterocycles. The Balaban J connectivity index is 1.90. The molecule has 1 unspecified atom stereocenters. The van der Waals surface area contributed by atoms with Crippen molar-refractivity contribution in [3.05, 3.63) is 71.3 Å². The van der Waals surface area contributed by atoms with Crippen LogP contribution in [0.25, 0.3) is 0 Å². The SMILES string of the molecule is CC(C)(C)CN(CCC(c1ccccc1)N1C(=O)c2ccccc2C1=O)C(=O)O. The van der Waals surface area contributed by atoms with Crippen LogP contribution in [0.5, 0.6) is 0 Å². The minimum Gasteiger partial charge on any atom is -0.465 e. The molecule has 2 aromatic carbocycles. The number of carbonyl (C=O) groups is 3. The van der Waals surface area contributed by atoms with Gasteiger partial charge in [-0.25, -0.2) is 4.79 Å². The number of hydrogen-bond donors (Lipinski definition) is 1. The lowest BCUT2D eigenvalue weighted by atomic mass is 9.95. The molecule has 0 spiro atoms. The van der Waals surface area contributed by atoms with Crippen LogP contribution in [-0.2, 0) is 0 Å². The van der Waals surface area contributed by atoms with Crippen molar-refractivity contribution in [3.8, 4) is 0 Å². The second-order valence-corrected chi connectivity index (χ2v) is 8.51. The van der Waals surface area contributed by atoms with Crippen LogP contribution in [0.3, 0.4) is 0 Å². The molecule has 1 N–H and O–H groups in total. The number of nitrogens with zero attached hydrogens (tertiary/aromatic N) is 2. The Kier molecular flexibility index (Phi) is 5.73. The average Bonchev–Trinajstić information content (AvgIpc) is 2.92. The van der Waals surface area contributed by atoms with Gasteiger partial charge in [-0.2, -0.15) is 0 Å². The minimum absolute atomic E-state index is 0.198. The van der Waals surface area contributed by atoms with Crippen molar-refractivity contribution < 1.29 is 19.5 Å². The van der Waals surface area contributed by atoms with Gasteiger partial charge >= 0.3 is 6.09 Å². The first-order chi connectivity index (χ1) is 13.7. The summed E-state index contributed by atoms with van der Waals surface area (Å²) in [6.07, 6.45) is -0.674. The van der Waals surface area contributed by atoms with Crippen molar-refractivity contribution in [2.75, 3.05) is 13.1 Å². The highest BCUT2D eigenvalue weighted by Gasteiger charge is 2.40. The third-order valence-electron chi connectivity index (χ3n) is 4.93. The van der Waals surface area contributed by atoms with Gasteiger partial charge in [0.15, 0.2) is 0 Å². The lowest BCUT2D eigenvalue weighted by Gasteiger charge is -2.31. The van der Waals surface area contributed by atoms with E-state index >= 15 is 0 Å². The van der Waals surface area contributed by atoms with E-state index in [0.717, 1.165) is 5.56 Å². The first-order valence-electron chi connectivity index (χ1n) is 9.69. The second-order valence-electron chi connectivity index (χ2n) is 8.51. The van der Waals surface area contributed by atoms with E-state index in [9.17, 15) is 19.5 Å². The highest BCUT2D eigenvalue weighted by atomic mass is 16.4. The number of imide groups is 1. The van der Waals surface area contributed by atoms with Crippen LogP contribution in [0, 0.1) is 5.41 Å². The van der Waals surface area contributed by atoms with E-state index in [-0.39, 0.29) is 23.8 Å². The van der Waals surface area contributed by atoms with E-state index in [4.69, 9.17) is 0 Å². The van der Waals surface area contributed by atoms with Crippen LogP contribution in [0.15, 0.2) is 54.6 Å². The van der Waals surface area contributed by atoms with Gasteiger partial charge in [-0.05, 0) is 29.5 Å². The number of carbonyl (C=O) groups excluding carboxylic acids is 2. The van der Waals surface area contributed by atoms with E-state index < -0.39 is 12.1 Å². The van der Waals surface area contributed by atoms with Crippen LogP contribution in [0.1, 0.15) is 59.5 Å². The highest BCUT2D eigenvalue weighted by molar-refractivity contribution is 6.21. The molecular formula is C23H26N2O4. The van der Waals surface area contributed by atoms with Gasteiger partial charge in [0.05, 0.1) is 17.2 Å². The largest absolute Gasteiger partial charge is 0.465 e. The zero-order valence-electron chi connectivity index (χ0n) is 17.0. The van der Waals surface area contributed by atoms with Crippen LogP contribution in [-0.4, -0.2) is 45.9 Å². The third-order valence-corrected chi connectivity index (χ3v) is 4.93. The summed E-state index contributed by atoms with van der Waals surface area (Å²) in [5.41, 5.74) is 1.39. The van der Waals surface area contributed by atoms with Crippen LogP contribution < -0.4 is 0 Å². The first kappa shape index (κ1) is 20.6. The van der Waals surface area contributed by atoms with Gasteiger partial charge in [-0.15, -0.1) is 0 Å². The normalized spacial score (nSPS) is 14.7. The van der Waals surface area contributed by atoms with Crippen LogP contribution >= 0.6 is 0 Å². The molecule has 3 amide bonds. The monoisotopic (exact) mass is 394 g/mol. The van der Waals surface area contributed by atoms with Gasteiger partial charge in [0.1, 0.15) is 0 Å². The zero-order chi connectivity index (χ0) is 21.2. The molecule has 6 heteroatoms. The Hall–Kier alpha value is -3.15. The van der Waals surface area contributed by atoms with E-state index in [1.807, 2.05) is 51.1 Å². The molecular weight excluding hydrogens is 368 g/mol. The van der Waals surface area contributed by atoms with Gasteiger partial charge in [-0.3, -0.25) is 14.5 Å². The molecule has 0 aliphatic carbocycles. The fourth-order valence-corrected chi connectivity index (χ4v) is 3.70. The first-order valence-corrected chi connectivity index (χ1v) is 9.69. The molecule has 1 heterocycles. The van der Waals surface area contributed by atoms with Gasteiger partial charge in [-0.1, -0.05) is 63.2 Å². The predicted octanol–water partition coefficient (Wildman–Crippen LogP) is 4.44. The summed E-state index contributed by atoms with van der Waals surface area (Å²) in [6.45, 7) is 6.51. The second kappa shape index (κ2) is 8.07. The third kappa shape index (κ3) is 4.47. The molecule has 0 fully saturated rings. The Morgan fingerprint density at radius 2 is 1.48 bits per heavy atom. The molecule has 0 radical (unpaired) electrons. The van der Waals surface area contributed by atoms with Gasteiger partial charge < -0.3 is 10.0 Å². The summed E-state index contributed by atoms with van der Waals surface area (Å²) in [4.78, 5) is 40.4. The standard InChI is InChI=1S/C23H26N2O4/c1-23(2,3)15-24(22(28)29)14-13-19(16-9-5-4-6-10-16)25-20(26)17-11-7-8-12-18(17)21(25)27/h4-12,19H,13-15H2,1-3H3,(H,28,29). The van der Waals surface area contributed by atoms with E-state index in [1.54, 1.807) is 24.3 Å². The van der Waals surface area contributed by atoms with Gasteiger partial charge in [0.25, 0.3) is 11.8 Å². The van der Waals surface area contributed by atoms with Crippen LogP contribution in [0.2, 0.25) is 0 Å². The zero-order valence-corrected chi connectivity index (χ0v) is 17.0. The number of hydrogen-bond acceptors (Lipinski definition) is 3. The summed E-state index contributed by atoms with van der Waals surface area (Å²) in [5.74, 6) is -0.672. The topological polar surface area (TPSA) is 77.9 Å². The lowest BCUT2D eigenvalue weighted by molar-refractivity contribution is 0.0559. The lowest BCUT2D eigenvalue weighted by Crippen LogP contribution is -2.40. The number of carboxylic acid groups (broad SMARTS) is 1. The quantitative estimate of drug-likeness (QED) is 0.735. The van der Waals surface area contributed by atoms with Crippen molar-refractivity contribution in [2.24, 2.45) is 5.41 Å². The predicted molar refractivity (Wildman–Crippen MR) is 110 cm³/mol. The number of fused-ring (bicyclic) bond motifs is 1. The summed E-state index contributed by atoms with van der Waals surface area (Å²) >= 11 is 0. The number of rotatable bonds is 6. The average molecular weight is 394 g/mol. The van der Waals surface area contributed by atoms with Gasteiger partial charge in [0, 0.05) is 13.1 Å². The Bertz CT molecular complexity index is 883. The smallest absolute Gasteiger partial charge is 0.407 e. The highest BCUT2D eigenvalue weighted by Crippen LogP contribution is 2.33. The summed E-state index contributed by atoms with van der Waals surface area (Å²) in [7, 11) is 0. The summed E-state index contributed by atoms with van der Waals surface area (Å²) in [6, 6.07) is 15.5. The maximum Gasteiger partial charge on any atom is 0.407 e. The molecule has 1 atom stereocenters. The molecule has 2 aromatic rings. The molecule has 3 rings (SSSR count). The maximum atomic E-state index is 13.0. The van der Waals surface area contributed by atoms with Crippen molar-refractivity contribution in [1.29, 1.82) is 0 Å².